The highest BCUT2D eigenvalue weighted by molar-refractivity contribution is 5.73. The third-order valence-electron chi connectivity index (χ3n) is 8.77. The quantitative estimate of drug-likeness (QED) is 0.236. The molecule has 2 aliphatic rings. The second-order valence-electron chi connectivity index (χ2n) is 11.9. The Labute approximate surface area is 270 Å². The molecular formula is C36H42N6O4. The number of hydrogen-bond donors (Lipinski definition) is 3. The Morgan fingerprint density at radius 2 is 1.39 bits per heavy atom. The molecule has 240 valence electrons. The Balaban J connectivity index is 1.10. The first-order chi connectivity index (χ1) is 22.6. The lowest BCUT2D eigenvalue weighted by Crippen LogP contribution is -2.51. The Hall–Kier alpha value is -4.35. The van der Waals surface area contributed by atoms with Crippen LogP contribution in [0.4, 0.5) is 10.7 Å². The van der Waals surface area contributed by atoms with Crippen LogP contribution in [0.1, 0.15) is 47.1 Å². The van der Waals surface area contributed by atoms with Crippen LogP contribution in [0.3, 0.4) is 0 Å². The van der Waals surface area contributed by atoms with E-state index in [9.17, 15) is 9.90 Å². The molecule has 46 heavy (non-hydrogen) atoms. The summed E-state index contributed by atoms with van der Waals surface area (Å²) in [7, 11) is 0. The molecule has 1 aromatic heterocycles. The maximum Gasteiger partial charge on any atom is 0.315 e. The van der Waals surface area contributed by atoms with Gasteiger partial charge in [0, 0.05) is 69.7 Å². The topological polar surface area (TPSA) is 112 Å². The van der Waals surface area contributed by atoms with E-state index in [-0.39, 0.29) is 30.8 Å². The Kier molecular flexibility index (Phi) is 10.5. The van der Waals surface area contributed by atoms with Gasteiger partial charge in [-0.1, -0.05) is 85.8 Å². The van der Waals surface area contributed by atoms with Crippen LogP contribution >= 0.6 is 0 Å². The molecule has 10 nitrogen and oxygen atoms in total. The van der Waals surface area contributed by atoms with Gasteiger partial charge in [-0.3, -0.25) is 4.90 Å². The number of carbonyl (C=O) groups excluding carboxylic acids is 1. The number of aliphatic hydroxyl groups excluding tert-OH is 1. The number of amides is 2. The predicted molar refractivity (Wildman–Crippen MR) is 176 cm³/mol. The highest BCUT2D eigenvalue weighted by atomic mass is 16.7. The van der Waals surface area contributed by atoms with Gasteiger partial charge in [0.1, 0.15) is 0 Å². The summed E-state index contributed by atoms with van der Waals surface area (Å²) in [6.45, 7) is 7.38. The second-order valence-corrected chi connectivity index (χ2v) is 11.9. The number of hydrogen-bond acceptors (Lipinski definition) is 8. The molecule has 10 heteroatoms. The van der Waals surface area contributed by atoms with E-state index in [1.165, 1.54) is 0 Å². The number of piperazine rings is 1. The second kappa shape index (κ2) is 15.3. The summed E-state index contributed by atoms with van der Waals surface area (Å²) in [5, 5.41) is 15.4. The number of carbonyl (C=O) groups is 1. The minimum atomic E-state index is -0.543. The maximum absolute atomic E-state index is 12.3. The van der Waals surface area contributed by atoms with Crippen LogP contribution in [0.2, 0.25) is 0 Å². The average Bonchev–Trinajstić information content (AvgIpc) is 3.12. The van der Waals surface area contributed by atoms with Gasteiger partial charge in [-0.05, 0) is 28.3 Å². The SMILES string of the molecule is C[C@@H]1[C@H](CN2CCN(c3ncccn3)CC2)O[C@H](c2ccc(CNC(=O)NCc3ccccc3)cc2)O[C@@H]1c1ccc(CO)cc1. The zero-order valence-corrected chi connectivity index (χ0v) is 26.2. The molecule has 6 rings (SSSR count). The first-order valence-corrected chi connectivity index (χ1v) is 15.9. The Morgan fingerprint density at radius 3 is 2.04 bits per heavy atom. The third kappa shape index (κ3) is 8.07. The van der Waals surface area contributed by atoms with Crippen molar-refractivity contribution >= 4 is 12.0 Å². The summed E-state index contributed by atoms with van der Waals surface area (Å²) in [6, 6.07) is 27.5. The van der Waals surface area contributed by atoms with E-state index >= 15 is 0 Å². The average molecular weight is 623 g/mol. The summed E-state index contributed by atoms with van der Waals surface area (Å²) >= 11 is 0. The van der Waals surface area contributed by atoms with E-state index in [4.69, 9.17) is 9.47 Å². The van der Waals surface area contributed by atoms with Crippen molar-refractivity contribution in [1.29, 1.82) is 0 Å². The lowest BCUT2D eigenvalue weighted by atomic mass is 9.90. The van der Waals surface area contributed by atoms with Crippen molar-refractivity contribution in [3.63, 3.8) is 0 Å². The minimum Gasteiger partial charge on any atom is -0.392 e. The van der Waals surface area contributed by atoms with E-state index < -0.39 is 6.29 Å². The summed E-state index contributed by atoms with van der Waals surface area (Å²) in [4.78, 5) is 25.9. The number of nitrogens with one attached hydrogen (secondary N) is 2. The van der Waals surface area contributed by atoms with Gasteiger partial charge in [-0.15, -0.1) is 0 Å². The molecule has 0 bridgehead atoms. The fourth-order valence-electron chi connectivity index (χ4n) is 5.98. The maximum atomic E-state index is 12.3. The standard InChI is InChI=1S/C36H42N6O4/c1-26-32(24-41-18-20-42(21-19-41)35-37-16-5-17-38-35)45-34(46-33(26)30-12-10-29(25-43)11-13-30)31-14-8-28(9-15-31)23-40-36(44)39-22-27-6-3-2-4-7-27/h2-17,26,32-34,43H,18-25H2,1H3,(H2,39,40,44)/t26-,32+,33+,34+/m1/s1. The predicted octanol–water partition coefficient (Wildman–Crippen LogP) is 4.58. The molecule has 2 amide bonds. The molecule has 2 aliphatic heterocycles. The van der Waals surface area contributed by atoms with Crippen LogP contribution in [-0.4, -0.2) is 64.8 Å². The third-order valence-corrected chi connectivity index (χ3v) is 8.77. The molecule has 2 saturated heterocycles. The first-order valence-electron chi connectivity index (χ1n) is 15.9. The molecule has 3 N–H and O–H groups in total. The summed E-state index contributed by atoms with van der Waals surface area (Å²) in [5.41, 5.74) is 4.90. The van der Waals surface area contributed by atoms with E-state index in [1.807, 2.05) is 84.9 Å². The first kappa shape index (κ1) is 31.6. The summed E-state index contributed by atoms with van der Waals surface area (Å²) in [5.74, 6) is 0.875. The van der Waals surface area contributed by atoms with Crippen LogP contribution in [0.5, 0.6) is 0 Å². The molecule has 0 aliphatic carbocycles. The lowest BCUT2D eigenvalue weighted by Gasteiger charge is -2.44. The zero-order valence-electron chi connectivity index (χ0n) is 26.2. The monoisotopic (exact) mass is 622 g/mol. The molecule has 0 unspecified atom stereocenters. The van der Waals surface area contributed by atoms with Gasteiger partial charge in [0.25, 0.3) is 0 Å². The van der Waals surface area contributed by atoms with Gasteiger partial charge < -0.3 is 30.1 Å². The normalized spacial score (nSPS) is 21.9. The molecule has 4 atom stereocenters. The van der Waals surface area contributed by atoms with Gasteiger partial charge in [0.2, 0.25) is 5.95 Å². The largest absolute Gasteiger partial charge is 0.392 e. The van der Waals surface area contributed by atoms with Crippen LogP contribution in [0.15, 0.2) is 97.3 Å². The number of aliphatic hydroxyl groups is 1. The van der Waals surface area contributed by atoms with E-state index in [0.717, 1.165) is 66.5 Å². The van der Waals surface area contributed by atoms with E-state index in [2.05, 4.69) is 37.3 Å². The fraction of sp³-hybridized carbons (Fsp3) is 0.361. The molecule has 3 aromatic carbocycles. The van der Waals surface area contributed by atoms with Crippen LogP contribution < -0.4 is 15.5 Å². The molecular weight excluding hydrogens is 580 g/mol. The Morgan fingerprint density at radius 1 is 0.783 bits per heavy atom. The van der Waals surface area contributed by atoms with Crippen molar-refractivity contribution in [2.24, 2.45) is 5.92 Å². The number of urea groups is 1. The van der Waals surface area contributed by atoms with Gasteiger partial charge in [-0.2, -0.15) is 0 Å². The zero-order chi connectivity index (χ0) is 31.7. The molecule has 3 heterocycles. The van der Waals surface area contributed by atoms with Gasteiger partial charge in [-0.25, -0.2) is 14.8 Å². The molecule has 0 spiro atoms. The van der Waals surface area contributed by atoms with E-state index in [0.29, 0.717) is 13.1 Å². The fourth-order valence-corrected chi connectivity index (χ4v) is 5.98. The minimum absolute atomic E-state index is 0.00556. The molecule has 2 fully saturated rings. The van der Waals surface area contributed by atoms with E-state index in [1.54, 1.807) is 12.4 Å². The summed E-state index contributed by atoms with van der Waals surface area (Å²) < 4.78 is 13.3. The smallest absolute Gasteiger partial charge is 0.315 e. The summed E-state index contributed by atoms with van der Waals surface area (Å²) in [6.07, 6.45) is 2.79. The van der Waals surface area contributed by atoms with Crippen molar-refractivity contribution in [2.45, 2.75) is 45.1 Å². The highest BCUT2D eigenvalue weighted by Crippen LogP contribution is 2.42. The van der Waals surface area contributed by atoms with Crippen molar-refractivity contribution < 1.29 is 19.4 Å². The number of anilines is 1. The molecule has 4 aromatic rings. The van der Waals surface area contributed by atoms with Crippen LogP contribution in [0, 0.1) is 5.92 Å². The lowest BCUT2D eigenvalue weighted by molar-refractivity contribution is -0.276. The number of rotatable bonds is 10. The van der Waals surface area contributed by atoms with Gasteiger partial charge >= 0.3 is 6.03 Å². The van der Waals surface area contributed by atoms with Crippen molar-refractivity contribution in [1.82, 2.24) is 25.5 Å². The number of ether oxygens (including phenoxy) is 2. The number of nitrogens with zero attached hydrogens (tertiary/aromatic N) is 4. The van der Waals surface area contributed by atoms with Crippen molar-refractivity contribution in [3.8, 4) is 0 Å². The van der Waals surface area contributed by atoms with Crippen LogP contribution in [0.25, 0.3) is 0 Å². The molecule has 0 saturated carbocycles. The van der Waals surface area contributed by atoms with Crippen molar-refractivity contribution in [2.75, 3.05) is 37.6 Å². The van der Waals surface area contributed by atoms with Crippen LogP contribution in [-0.2, 0) is 29.2 Å². The number of aromatic nitrogens is 2. The molecule has 0 radical (unpaired) electrons. The highest BCUT2D eigenvalue weighted by Gasteiger charge is 2.39. The van der Waals surface area contributed by atoms with Gasteiger partial charge in [0.05, 0.1) is 18.8 Å². The van der Waals surface area contributed by atoms with Crippen molar-refractivity contribution in [3.05, 3.63) is 125 Å². The Bertz CT molecular complexity index is 1520. The van der Waals surface area contributed by atoms with Gasteiger partial charge in [0.15, 0.2) is 6.29 Å². The number of benzene rings is 3.